The van der Waals surface area contributed by atoms with Crippen LogP contribution in [0.25, 0.3) is 0 Å². The van der Waals surface area contributed by atoms with Gasteiger partial charge in [-0.25, -0.2) is 4.68 Å². The standard InChI is InChI=1S/C23H21N5O3S/c1-14-4-2-5-15(12-14)13-32-23-25-22-24-18-6-3-7-19(29)20(18)21(27(22)26-23)16-8-10-17(11-9-16)28(30)31/h2,4-5,8-12,21H,3,6-7,13H2,1H3,(H,24,25,26). The molecular formula is C23H21N5O3S. The molecule has 1 N–H and O–H groups in total. The molecule has 162 valence electrons. The Hall–Kier alpha value is -3.46. The Morgan fingerprint density at radius 1 is 1.22 bits per heavy atom. The smallest absolute Gasteiger partial charge is 0.269 e. The SMILES string of the molecule is Cc1cccc(CSc2nc3n(n2)C(c2ccc([N+](=O)[O-])cc2)C2=C(CCCC2=O)N3)c1. The average Bonchev–Trinajstić information content (AvgIpc) is 3.19. The van der Waals surface area contributed by atoms with Gasteiger partial charge in [0.1, 0.15) is 6.04 Å². The summed E-state index contributed by atoms with van der Waals surface area (Å²) in [7, 11) is 0. The van der Waals surface area contributed by atoms with Crippen LogP contribution in [-0.2, 0) is 10.5 Å². The summed E-state index contributed by atoms with van der Waals surface area (Å²) in [5.41, 5.74) is 4.74. The molecule has 3 aromatic rings. The number of Topliss-reactive ketones (excluding diaryl/α,β-unsaturated/α-hetero) is 1. The lowest BCUT2D eigenvalue weighted by Crippen LogP contribution is -2.31. The first-order valence-corrected chi connectivity index (χ1v) is 11.4. The lowest BCUT2D eigenvalue weighted by atomic mass is 9.85. The monoisotopic (exact) mass is 447 g/mol. The summed E-state index contributed by atoms with van der Waals surface area (Å²) in [4.78, 5) is 28.2. The van der Waals surface area contributed by atoms with Gasteiger partial charge in [0, 0.05) is 35.6 Å². The molecule has 0 fully saturated rings. The van der Waals surface area contributed by atoms with Crippen LogP contribution in [0.5, 0.6) is 0 Å². The van der Waals surface area contributed by atoms with Crippen molar-refractivity contribution in [3.63, 3.8) is 0 Å². The Morgan fingerprint density at radius 3 is 2.78 bits per heavy atom. The van der Waals surface area contributed by atoms with Crippen LogP contribution in [0.2, 0.25) is 0 Å². The van der Waals surface area contributed by atoms with Crippen molar-refractivity contribution in [2.75, 3.05) is 5.32 Å². The number of nitrogens with one attached hydrogen (secondary N) is 1. The minimum atomic E-state index is -0.448. The second kappa shape index (κ2) is 8.23. The second-order valence-corrected chi connectivity index (χ2v) is 8.93. The van der Waals surface area contributed by atoms with Crippen molar-refractivity contribution in [3.05, 3.63) is 86.6 Å². The van der Waals surface area contributed by atoms with Gasteiger partial charge in [-0.2, -0.15) is 4.98 Å². The summed E-state index contributed by atoms with van der Waals surface area (Å²) in [5, 5.41) is 19.7. The van der Waals surface area contributed by atoms with Crippen LogP contribution in [0.3, 0.4) is 0 Å². The van der Waals surface area contributed by atoms with E-state index in [1.807, 2.05) is 6.07 Å². The highest BCUT2D eigenvalue weighted by atomic mass is 32.2. The first kappa shape index (κ1) is 20.4. The average molecular weight is 448 g/mol. The zero-order valence-corrected chi connectivity index (χ0v) is 18.3. The summed E-state index contributed by atoms with van der Waals surface area (Å²) in [6.45, 7) is 2.06. The van der Waals surface area contributed by atoms with E-state index in [0.717, 1.165) is 29.9 Å². The van der Waals surface area contributed by atoms with Crippen LogP contribution < -0.4 is 5.32 Å². The molecule has 0 saturated heterocycles. The number of anilines is 1. The van der Waals surface area contributed by atoms with Crippen molar-refractivity contribution in [2.45, 2.75) is 43.1 Å². The van der Waals surface area contributed by atoms with Gasteiger partial charge < -0.3 is 5.32 Å². The number of carbonyl (C=O) groups is 1. The van der Waals surface area contributed by atoms with Gasteiger partial charge in [-0.1, -0.05) is 41.6 Å². The number of ketones is 1. The molecule has 2 heterocycles. The predicted molar refractivity (Wildman–Crippen MR) is 122 cm³/mol. The molecule has 0 bridgehead atoms. The molecule has 8 nitrogen and oxygen atoms in total. The van der Waals surface area contributed by atoms with E-state index in [1.54, 1.807) is 16.8 Å². The van der Waals surface area contributed by atoms with Crippen molar-refractivity contribution >= 4 is 29.2 Å². The van der Waals surface area contributed by atoms with Gasteiger partial charge in [0.15, 0.2) is 5.78 Å². The maximum atomic E-state index is 12.9. The highest BCUT2D eigenvalue weighted by Crippen LogP contribution is 2.41. The normalized spacial score (nSPS) is 17.5. The number of fused-ring (bicyclic) bond motifs is 1. The lowest BCUT2D eigenvalue weighted by Gasteiger charge is -2.32. The minimum absolute atomic E-state index is 0.0140. The number of thioether (sulfide) groups is 1. The number of aryl methyl sites for hydroxylation is 1. The van der Waals surface area contributed by atoms with Crippen molar-refractivity contribution in [2.24, 2.45) is 0 Å². The first-order chi connectivity index (χ1) is 15.5. The molecule has 9 heteroatoms. The van der Waals surface area contributed by atoms with E-state index in [2.05, 4.69) is 35.4 Å². The quantitative estimate of drug-likeness (QED) is 0.340. The van der Waals surface area contributed by atoms with Crippen LogP contribution in [-0.4, -0.2) is 25.5 Å². The fourth-order valence-electron chi connectivity index (χ4n) is 4.23. The number of nitro groups is 1. The predicted octanol–water partition coefficient (Wildman–Crippen LogP) is 4.81. The number of non-ortho nitro benzene ring substituents is 1. The lowest BCUT2D eigenvalue weighted by molar-refractivity contribution is -0.384. The molecule has 0 amide bonds. The molecule has 1 aliphatic heterocycles. The van der Waals surface area contributed by atoms with Crippen molar-refractivity contribution in [1.82, 2.24) is 14.8 Å². The number of hydrogen-bond acceptors (Lipinski definition) is 7. The van der Waals surface area contributed by atoms with Gasteiger partial charge >= 0.3 is 0 Å². The zero-order valence-electron chi connectivity index (χ0n) is 17.4. The molecule has 2 aromatic carbocycles. The molecule has 1 unspecified atom stereocenters. The van der Waals surface area contributed by atoms with E-state index < -0.39 is 11.0 Å². The van der Waals surface area contributed by atoms with Gasteiger partial charge in [-0.15, -0.1) is 5.10 Å². The Morgan fingerprint density at radius 2 is 2.03 bits per heavy atom. The molecule has 0 spiro atoms. The largest absolute Gasteiger partial charge is 0.328 e. The number of rotatable bonds is 5. The third kappa shape index (κ3) is 3.80. The molecule has 1 aliphatic carbocycles. The number of nitro benzene ring substituents is 1. The Balaban J connectivity index is 1.50. The number of nitrogens with zero attached hydrogens (tertiary/aromatic N) is 4. The van der Waals surface area contributed by atoms with Crippen molar-refractivity contribution < 1.29 is 9.72 Å². The van der Waals surface area contributed by atoms with E-state index in [1.165, 1.54) is 35.0 Å². The second-order valence-electron chi connectivity index (χ2n) is 7.99. The Kier molecular flexibility index (Phi) is 5.26. The number of carbonyl (C=O) groups excluding carboxylic acids is 1. The van der Waals surface area contributed by atoms with E-state index in [4.69, 9.17) is 5.10 Å². The van der Waals surface area contributed by atoms with E-state index in [-0.39, 0.29) is 11.5 Å². The first-order valence-electron chi connectivity index (χ1n) is 10.4. The van der Waals surface area contributed by atoms with Crippen LogP contribution >= 0.6 is 11.8 Å². The molecule has 2 aliphatic rings. The summed E-state index contributed by atoms with van der Waals surface area (Å²) >= 11 is 1.54. The topological polar surface area (TPSA) is 103 Å². The summed E-state index contributed by atoms with van der Waals surface area (Å²) in [5.74, 6) is 1.41. The van der Waals surface area contributed by atoms with E-state index >= 15 is 0 Å². The molecule has 1 aromatic heterocycles. The Labute approximate surface area is 188 Å². The van der Waals surface area contributed by atoms with E-state index in [0.29, 0.717) is 23.1 Å². The fraction of sp³-hybridized carbons (Fsp3) is 0.261. The van der Waals surface area contributed by atoms with Crippen LogP contribution in [0, 0.1) is 17.0 Å². The van der Waals surface area contributed by atoms with Crippen molar-refractivity contribution in [3.8, 4) is 0 Å². The summed E-state index contributed by atoms with van der Waals surface area (Å²) in [6.07, 6.45) is 2.05. The molecule has 32 heavy (non-hydrogen) atoms. The highest BCUT2D eigenvalue weighted by Gasteiger charge is 2.37. The Bertz CT molecular complexity index is 1250. The van der Waals surface area contributed by atoms with Crippen molar-refractivity contribution in [1.29, 1.82) is 0 Å². The van der Waals surface area contributed by atoms with Crippen LogP contribution in [0.4, 0.5) is 11.6 Å². The maximum Gasteiger partial charge on any atom is 0.269 e. The fourth-order valence-corrected chi connectivity index (χ4v) is 5.01. The van der Waals surface area contributed by atoms with Crippen LogP contribution in [0.15, 0.2) is 65.0 Å². The maximum absolute atomic E-state index is 12.9. The molecule has 5 rings (SSSR count). The third-order valence-corrected chi connectivity index (χ3v) is 6.63. The van der Waals surface area contributed by atoms with Gasteiger partial charge in [0.2, 0.25) is 11.1 Å². The summed E-state index contributed by atoms with van der Waals surface area (Å²) < 4.78 is 1.74. The number of aromatic nitrogens is 3. The molecule has 0 radical (unpaired) electrons. The molecule has 1 atom stereocenters. The van der Waals surface area contributed by atoms with E-state index in [9.17, 15) is 14.9 Å². The summed E-state index contributed by atoms with van der Waals surface area (Å²) in [6, 6.07) is 14.2. The van der Waals surface area contributed by atoms with Gasteiger partial charge in [-0.05, 0) is 43.0 Å². The number of allylic oxidation sites excluding steroid dienone is 2. The van der Waals surface area contributed by atoms with Gasteiger partial charge in [-0.3, -0.25) is 14.9 Å². The van der Waals surface area contributed by atoms with Gasteiger partial charge in [0.25, 0.3) is 5.69 Å². The highest BCUT2D eigenvalue weighted by molar-refractivity contribution is 7.98. The minimum Gasteiger partial charge on any atom is -0.328 e. The third-order valence-electron chi connectivity index (χ3n) is 5.72. The van der Waals surface area contributed by atoms with Gasteiger partial charge in [0.05, 0.1) is 4.92 Å². The van der Waals surface area contributed by atoms with Crippen LogP contribution in [0.1, 0.15) is 42.0 Å². The number of hydrogen-bond donors (Lipinski definition) is 1. The molecule has 0 saturated carbocycles. The zero-order chi connectivity index (χ0) is 22.2. The molecular weight excluding hydrogens is 426 g/mol. The number of benzene rings is 2.